The lowest BCUT2D eigenvalue weighted by Crippen LogP contribution is -2.48. The van der Waals surface area contributed by atoms with Crippen LogP contribution < -0.4 is 14.8 Å². The Morgan fingerprint density at radius 3 is 2.79 bits per heavy atom. The fourth-order valence-corrected chi connectivity index (χ4v) is 4.01. The normalized spacial score (nSPS) is 21.1. The molecule has 0 bridgehead atoms. The number of aromatic nitrogens is 2. The van der Waals surface area contributed by atoms with Crippen molar-refractivity contribution < 1.29 is 19.1 Å². The molecule has 2 amide bonds. The molecule has 0 aliphatic carbocycles. The first kappa shape index (κ1) is 18.0. The maximum absolute atomic E-state index is 12.9. The van der Waals surface area contributed by atoms with Crippen molar-refractivity contribution in [2.75, 3.05) is 33.0 Å². The molecular weight excluding hydrogens is 374 g/mol. The van der Waals surface area contributed by atoms with E-state index in [2.05, 4.69) is 15.3 Å². The van der Waals surface area contributed by atoms with Gasteiger partial charge in [0.25, 0.3) is 11.8 Å². The molecule has 5 rings (SSSR count). The van der Waals surface area contributed by atoms with Crippen LogP contribution in [0.2, 0.25) is 0 Å². The van der Waals surface area contributed by atoms with Gasteiger partial charge in [0.15, 0.2) is 17.2 Å². The van der Waals surface area contributed by atoms with E-state index in [4.69, 9.17) is 9.47 Å². The largest absolute Gasteiger partial charge is 0.454 e. The molecule has 0 radical (unpaired) electrons. The number of carbonyl (C=O) groups is 2. The molecule has 29 heavy (non-hydrogen) atoms. The predicted octanol–water partition coefficient (Wildman–Crippen LogP) is 0.702. The molecule has 1 N–H and O–H groups in total. The standard InChI is InChI=1S/C20H23N5O4/c1-13-10-25-16(19(26)21-13)9-15(22-25)20(27)24-6-4-23(5-7-24)11-14-2-3-17-18(8-14)29-12-28-17/h2-3,8-9,13H,4-7,10-12H2,1H3,(H,21,26). The maximum Gasteiger partial charge on any atom is 0.274 e. The first-order valence-corrected chi connectivity index (χ1v) is 9.86. The second kappa shape index (κ2) is 7.07. The summed E-state index contributed by atoms with van der Waals surface area (Å²) in [5, 5.41) is 7.24. The quantitative estimate of drug-likeness (QED) is 0.820. The number of fused-ring (bicyclic) bond motifs is 2. The number of piperazine rings is 1. The minimum atomic E-state index is -0.177. The summed E-state index contributed by atoms with van der Waals surface area (Å²) in [6.45, 7) is 6.41. The summed E-state index contributed by atoms with van der Waals surface area (Å²) in [7, 11) is 0. The van der Waals surface area contributed by atoms with Gasteiger partial charge in [0.1, 0.15) is 5.69 Å². The molecule has 3 aliphatic rings. The van der Waals surface area contributed by atoms with Gasteiger partial charge in [0.05, 0.1) is 6.54 Å². The van der Waals surface area contributed by atoms with Gasteiger partial charge in [-0.2, -0.15) is 5.10 Å². The van der Waals surface area contributed by atoms with Crippen molar-refractivity contribution >= 4 is 11.8 Å². The number of hydrogen-bond donors (Lipinski definition) is 1. The predicted molar refractivity (Wildman–Crippen MR) is 103 cm³/mol. The van der Waals surface area contributed by atoms with Crippen LogP contribution in [0.4, 0.5) is 0 Å². The monoisotopic (exact) mass is 397 g/mol. The highest BCUT2D eigenvalue weighted by molar-refractivity contribution is 5.98. The Labute approximate surface area is 168 Å². The van der Waals surface area contributed by atoms with Crippen LogP contribution in [0.25, 0.3) is 0 Å². The van der Waals surface area contributed by atoms with Gasteiger partial charge in [-0.15, -0.1) is 0 Å². The highest BCUT2D eigenvalue weighted by Crippen LogP contribution is 2.32. The average Bonchev–Trinajstić information content (AvgIpc) is 3.34. The summed E-state index contributed by atoms with van der Waals surface area (Å²) in [5.74, 6) is 1.28. The Morgan fingerprint density at radius 1 is 1.17 bits per heavy atom. The van der Waals surface area contributed by atoms with Crippen molar-refractivity contribution in [3.05, 3.63) is 41.2 Å². The number of ether oxygens (including phenoxy) is 2. The van der Waals surface area contributed by atoms with Crippen molar-refractivity contribution in [3.63, 3.8) is 0 Å². The van der Waals surface area contributed by atoms with E-state index in [0.717, 1.165) is 36.7 Å². The topological polar surface area (TPSA) is 88.9 Å². The number of carbonyl (C=O) groups excluding carboxylic acids is 2. The van der Waals surface area contributed by atoms with Crippen molar-refractivity contribution in [1.29, 1.82) is 0 Å². The zero-order valence-electron chi connectivity index (χ0n) is 16.3. The second-order valence-corrected chi connectivity index (χ2v) is 7.73. The van der Waals surface area contributed by atoms with E-state index in [-0.39, 0.29) is 24.6 Å². The van der Waals surface area contributed by atoms with Gasteiger partial charge in [-0.05, 0) is 24.6 Å². The van der Waals surface area contributed by atoms with Gasteiger partial charge in [-0.1, -0.05) is 6.07 Å². The van der Waals surface area contributed by atoms with E-state index >= 15 is 0 Å². The van der Waals surface area contributed by atoms with Gasteiger partial charge < -0.3 is 19.7 Å². The van der Waals surface area contributed by atoms with Crippen LogP contribution in [-0.4, -0.2) is 70.4 Å². The summed E-state index contributed by atoms with van der Waals surface area (Å²) in [4.78, 5) is 29.1. The van der Waals surface area contributed by atoms with Crippen LogP contribution in [0, 0.1) is 0 Å². The van der Waals surface area contributed by atoms with E-state index in [0.29, 0.717) is 31.0 Å². The van der Waals surface area contributed by atoms with Crippen LogP contribution in [-0.2, 0) is 13.1 Å². The van der Waals surface area contributed by atoms with E-state index in [1.54, 1.807) is 10.7 Å². The molecule has 0 saturated carbocycles. The van der Waals surface area contributed by atoms with Crippen LogP contribution in [0.3, 0.4) is 0 Å². The first-order chi connectivity index (χ1) is 14.1. The van der Waals surface area contributed by atoms with E-state index in [1.807, 2.05) is 30.0 Å². The molecule has 1 unspecified atom stereocenters. The molecule has 0 spiro atoms. The lowest BCUT2D eigenvalue weighted by Gasteiger charge is -2.34. The summed E-state index contributed by atoms with van der Waals surface area (Å²) in [6, 6.07) is 7.61. The lowest BCUT2D eigenvalue weighted by molar-refractivity contribution is 0.0621. The highest BCUT2D eigenvalue weighted by Gasteiger charge is 2.29. The molecule has 1 fully saturated rings. The van der Waals surface area contributed by atoms with Gasteiger partial charge in [0.2, 0.25) is 6.79 Å². The number of hydrogen-bond acceptors (Lipinski definition) is 6. The Morgan fingerprint density at radius 2 is 1.97 bits per heavy atom. The van der Waals surface area contributed by atoms with Crippen molar-refractivity contribution in [1.82, 2.24) is 24.9 Å². The summed E-state index contributed by atoms with van der Waals surface area (Å²) < 4.78 is 12.4. The molecule has 1 aromatic heterocycles. The smallest absolute Gasteiger partial charge is 0.274 e. The lowest BCUT2D eigenvalue weighted by atomic mass is 10.1. The molecule has 152 valence electrons. The van der Waals surface area contributed by atoms with E-state index < -0.39 is 0 Å². The van der Waals surface area contributed by atoms with Crippen LogP contribution in [0.5, 0.6) is 11.5 Å². The van der Waals surface area contributed by atoms with Crippen LogP contribution in [0.15, 0.2) is 24.3 Å². The average molecular weight is 397 g/mol. The van der Waals surface area contributed by atoms with Crippen LogP contribution in [0.1, 0.15) is 33.5 Å². The van der Waals surface area contributed by atoms with Gasteiger partial charge in [-0.25, -0.2) is 0 Å². The molecule has 3 aliphatic heterocycles. The zero-order chi connectivity index (χ0) is 20.0. The SMILES string of the molecule is CC1Cn2nc(C(=O)N3CCN(Cc4ccc5c(c4)OCO5)CC3)cc2C(=O)N1. The third kappa shape index (κ3) is 3.42. The minimum absolute atomic E-state index is 0.0116. The second-order valence-electron chi connectivity index (χ2n) is 7.73. The molecule has 1 saturated heterocycles. The van der Waals surface area contributed by atoms with E-state index in [9.17, 15) is 9.59 Å². The zero-order valence-corrected chi connectivity index (χ0v) is 16.3. The molecule has 1 atom stereocenters. The Hall–Kier alpha value is -3.07. The van der Waals surface area contributed by atoms with Crippen molar-refractivity contribution in [2.45, 2.75) is 26.1 Å². The molecule has 2 aromatic rings. The van der Waals surface area contributed by atoms with Gasteiger partial charge >= 0.3 is 0 Å². The fourth-order valence-electron chi connectivity index (χ4n) is 4.01. The number of amides is 2. The summed E-state index contributed by atoms with van der Waals surface area (Å²) in [5.41, 5.74) is 1.96. The Bertz CT molecular complexity index is 964. The van der Waals surface area contributed by atoms with E-state index in [1.165, 1.54) is 0 Å². The molecule has 4 heterocycles. The third-order valence-corrected chi connectivity index (χ3v) is 5.56. The molecule has 9 nitrogen and oxygen atoms in total. The van der Waals surface area contributed by atoms with Crippen molar-refractivity contribution in [3.8, 4) is 11.5 Å². The Kier molecular flexibility index (Phi) is 4.39. The maximum atomic E-state index is 12.9. The summed E-state index contributed by atoms with van der Waals surface area (Å²) >= 11 is 0. The Balaban J connectivity index is 1.20. The molecule has 1 aromatic carbocycles. The van der Waals surface area contributed by atoms with Gasteiger partial charge in [0, 0.05) is 44.8 Å². The third-order valence-electron chi connectivity index (χ3n) is 5.56. The molecular formula is C20H23N5O4. The number of nitrogens with zero attached hydrogens (tertiary/aromatic N) is 4. The number of benzene rings is 1. The first-order valence-electron chi connectivity index (χ1n) is 9.86. The van der Waals surface area contributed by atoms with Crippen molar-refractivity contribution in [2.24, 2.45) is 0 Å². The van der Waals surface area contributed by atoms with Crippen LogP contribution >= 0.6 is 0 Å². The fraction of sp³-hybridized carbons (Fsp3) is 0.450. The highest BCUT2D eigenvalue weighted by atomic mass is 16.7. The number of rotatable bonds is 3. The molecule has 9 heteroatoms. The van der Waals surface area contributed by atoms with Gasteiger partial charge in [-0.3, -0.25) is 19.2 Å². The summed E-state index contributed by atoms with van der Waals surface area (Å²) in [6.07, 6.45) is 0. The number of nitrogens with one attached hydrogen (secondary N) is 1. The minimum Gasteiger partial charge on any atom is -0.454 e.